The van der Waals surface area contributed by atoms with E-state index in [0.29, 0.717) is 29.0 Å². The summed E-state index contributed by atoms with van der Waals surface area (Å²) in [6.07, 6.45) is 2.34. The van der Waals surface area contributed by atoms with E-state index >= 15 is 0 Å². The Morgan fingerprint density at radius 2 is 1.82 bits per heavy atom. The number of nitriles is 1. The van der Waals surface area contributed by atoms with Crippen molar-refractivity contribution >= 4 is 34.3 Å². The maximum absolute atomic E-state index is 13.4. The second kappa shape index (κ2) is 11.8. The molecule has 8 heteroatoms. The average molecular weight is 479 g/mol. The molecular weight excluding hydrogens is 455 g/mol. The highest BCUT2D eigenvalue weighted by Crippen LogP contribution is 2.36. The lowest BCUT2D eigenvalue weighted by molar-refractivity contribution is -0.112. The van der Waals surface area contributed by atoms with Crippen molar-refractivity contribution in [2.45, 2.75) is 20.3 Å². The number of nitrogens with zero attached hydrogens (tertiary/aromatic N) is 1. The minimum absolute atomic E-state index is 0.131. The van der Waals surface area contributed by atoms with Crippen LogP contribution in [0.25, 0.3) is 17.2 Å². The van der Waals surface area contributed by atoms with Gasteiger partial charge in [-0.1, -0.05) is 31.2 Å². The standard InChI is InChI=1S/C26H23FN2O4S/c1-3-13-33-21-11-5-17(6-12-21)14-19(15-28)24(30)29-25-23(26(31)32-4-2)22(16-34-25)18-7-9-20(27)10-8-18/h5-12,14,16H,3-4,13H2,1-2H3,(H,29,30)/b19-14+. The molecule has 0 bridgehead atoms. The fourth-order valence-corrected chi connectivity index (χ4v) is 4.02. The van der Waals surface area contributed by atoms with Gasteiger partial charge in [0.15, 0.2) is 0 Å². The van der Waals surface area contributed by atoms with E-state index < -0.39 is 17.7 Å². The molecule has 3 aromatic rings. The Bertz CT molecular complexity index is 1230. The molecule has 0 saturated carbocycles. The number of benzene rings is 2. The van der Waals surface area contributed by atoms with Gasteiger partial charge in [0, 0.05) is 10.9 Å². The van der Waals surface area contributed by atoms with Gasteiger partial charge < -0.3 is 14.8 Å². The van der Waals surface area contributed by atoms with Crippen LogP contribution in [0, 0.1) is 17.1 Å². The summed E-state index contributed by atoms with van der Waals surface area (Å²) >= 11 is 1.12. The molecule has 0 radical (unpaired) electrons. The Morgan fingerprint density at radius 3 is 2.44 bits per heavy atom. The quantitative estimate of drug-likeness (QED) is 0.229. The monoisotopic (exact) mass is 478 g/mol. The lowest BCUT2D eigenvalue weighted by Crippen LogP contribution is -2.16. The first-order chi connectivity index (χ1) is 16.5. The lowest BCUT2D eigenvalue weighted by Gasteiger charge is -2.09. The Morgan fingerprint density at radius 1 is 1.12 bits per heavy atom. The Balaban J connectivity index is 1.87. The molecule has 0 saturated heterocycles. The van der Waals surface area contributed by atoms with Gasteiger partial charge in [-0.05, 0) is 54.8 Å². The molecule has 0 spiro atoms. The maximum Gasteiger partial charge on any atom is 0.341 e. The van der Waals surface area contributed by atoms with Gasteiger partial charge in [-0.3, -0.25) is 4.79 Å². The van der Waals surface area contributed by atoms with Crippen molar-refractivity contribution < 1.29 is 23.5 Å². The first-order valence-electron chi connectivity index (χ1n) is 10.7. The number of hydrogen-bond donors (Lipinski definition) is 1. The molecule has 6 nitrogen and oxygen atoms in total. The molecule has 0 aliphatic rings. The number of anilines is 1. The predicted octanol–water partition coefficient (Wildman–Crippen LogP) is 6.07. The zero-order chi connectivity index (χ0) is 24.5. The second-order valence-corrected chi connectivity index (χ2v) is 8.00. The van der Waals surface area contributed by atoms with Crippen molar-refractivity contribution in [3.05, 3.63) is 76.4 Å². The zero-order valence-corrected chi connectivity index (χ0v) is 19.6. The molecule has 0 aliphatic carbocycles. The summed E-state index contributed by atoms with van der Waals surface area (Å²) in [4.78, 5) is 25.5. The van der Waals surface area contributed by atoms with Crippen LogP contribution in [-0.4, -0.2) is 25.1 Å². The van der Waals surface area contributed by atoms with Crippen LogP contribution in [0.2, 0.25) is 0 Å². The summed E-state index contributed by atoms with van der Waals surface area (Å²) < 4.78 is 24.1. The molecule has 1 aromatic heterocycles. The van der Waals surface area contributed by atoms with Gasteiger partial charge in [0.25, 0.3) is 5.91 Å². The summed E-state index contributed by atoms with van der Waals surface area (Å²) in [6.45, 7) is 4.43. The number of amides is 1. The van der Waals surface area contributed by atoms with Crippen molar-refractivity contribution in [3.8, 4) is 22.9 Å². The molecule has 3 rings (SSSR count). The van der Waals surface area contributed by atoms with Gasteiger partial charge in [-0.25, -0.2) is 9.18 Å². The average Bonchev–Trinajstić information content (AvgIpc) is 3.26. The van der Waals surface area contributed by atoms with E-state index in [1.807, 2.05) is 13.0 Å². The van der Waals surface area contributed by atoms with Crippen LogP contribution in [-0.2, 0) is 9.53 Å². The van der Waals surface area contributed by atoms with Crippen LogP contribution in [0.3, 0.4) is 0 Å². The molecular formula is C26H23FN2O4S. The van der Waals surface area contributed by atoms with E-state index in [4.69, 9.17) is 9.47 Å². The summed E-state index contributed by atoms with van der Waals surface area (Å²) in [7, 11) is 0. The first-order valence-corrected chi connectivity index (χ1v) is 11.5. The molecule has 34 heavy (non-hydrogen) atoms. The van der Waals surface area contributed by atoms with Crippen molar-refractivity contribution in [2.75, 3.05) is 18.5 Å². The van der Waals surface area contributed by atoms with Crippen molar-refractivity contribution in [1.82, 2.24) is 0 Å². The molecule has 0 aliphatic heterocycles. The third kappa shape index (κ3) is 6.09. The van der Waals surface area contributed by atoms with Crippen molar-refractivity contribution in [3.63, 3.8) is 0 Å². The van der Waals surface area contributed by atoms with E-state index in [0.717, 1.165) is 17.8 Å². The van der Waals surface area contributed by atoms with Gasteiger partial charge in [-0.2, -0.15) is 5.26 Å². The van der Waals surface area contributed by atoms with Crippen molar-refractivity contribution in [1.29, 1.82) is 5.26 Å². The fourth-order valence-electron chi connectivity index (χ4n) is 3.06. The summed E-state index contributed by atoms with van der Waals surface area (Å²) in [6, 6.07) is 14.6. The van der Waals surface area contributed by atoms with E-state index in [2.05, 4.69) is 5.32 Å². The number of ether oxygens (including phenoxy) is 2. The summed E-state index contributed by atoms with van der Waals surface area (Å²) in [5.41, 5.74) is 1.78. The minimum atomic E-state index is -0.660. The smallest absolute Gasteiger partial charge is 0.341 e. The van der Waals surface area contributed by atoms with Gasteiger partial charge in [0.1, 0.15) is 33.8 Å². The highest BCUT2D eigenvalue weighted by molar-refractivity contribution is 7.15. The number of carbonyl (C=O) groups is 2. The third-order valence-corrected chi connectivity index (χ3v) is 5.58. The Labute approximate surface area is 201 Å². The van der Waals surface area contributed by atoms with Gasteiger partial charge >= 0.3 is 5.97 Å². The van der Waals surface area contributed by atoms with E-state index in [-0.39, 0.29) is 22.7 Å². The summed E-state index contributed by atoms with van der Waals surface area (Å²) in [5, 5.41) is 14.1. The van der Waals surface area contributed by atoms with Crippen molar-refractivity contribution in [2.24, 2.45) is 0 Å². The molecule has 0 unspecified atom stereocenters. The lowest BCUT2D eigenvalue weighted by atomic mass is 10.0. The number of halogens is 1. The molecule has 1 heterocycles. The fraction of sp³-hybridized carbons (Fsp3) is 0.192. The molecule has 1 N–H and O–H groups in total. The third-order valence-electron chi connectivity index (χ3n) is 4.68. The highest BCUT2D eigenvalue weighted by Gasteiger charge is 2.23. The van der Waals surface area contributed by atoms with Gasteiger partial charge in [0.2, 0.25) is 0 Å². The van der Waals surface area contributed by atoms with E-state index in [1.54, 1.807) is 48.7 Å². The largest absolute Gasteiger partial charge is 0.494 e. The second-order valence-electron chi connectivity index (χ2n) is 7.12. The number of esters is 1. The van der Waals surface area contributed by atoms with Gasteiger partial charge in [-0.15, -0.1) is 11.3 Å². The van der Waals surface area contributed by atoms with Crippen LogP contribution in [0.4, 0.5) is 9.39 Å². The van der Waals surface area contributed by atoms with Gasteiger partial charge in [0.05, 0.1) is 13.2 Å². The normalized spacial score (nSPS) is 10.9. The number of hydrogen-bond acceptors (Lipinski definition) is 6. The van der Waals surface area contributed by atoms with Crippen LogP contribution >= 0.6 is 11.3 Å². The number of nitrogens with one attached hydrogen (secondary N) is 1. The molecule has 2 aromatic carbocycles. The zero-order valence-electron chi connectivity index (χ0n) is 18.8. The number of carbonyl (C=O) groups excluding carboxylic acids is 2. The van der Waals surface area contributed by atoms with Crippen LogP contribution in [0.5, 0.6) is 5.75 Å². The minimum Gasteiger partial charge on any atom is -0.494 e. The Kier molecular flexibility index (Phi) is 8.54. The molecule has 0 atom stereocenters. The highest BCUT2D eigenvalue weighted by atomic mass is 32.1. The first kappa shape index (κ1) is 24.7. The number of thiophene rings is 1. The summed E-state index contributed by atoms with van der Waals surface area (Å²) in [5.74, 6) is -0.984. The molecule has 174 valence electrons. The van der Waals surface area contributed by atoms with E-state index in [1.165, 1.54) is 18.2 Å². The van der Waals surface area contributed by atoms with Crippen LogP contribution in [0.15, 0.2) is 59.5 Å². The van der Waals surface area contributed by atoms with Crippen LogP contribution in [0.1, 0.15) is 36.2 Å². The Hall–Kier alpha value is -3.96. The molecule has 0 fully saturated rings. The molecule has 1 amide bonds. The number of rotatable bonds is 9. The van der Waals surface area contributed by atoms with Crippen LogP contribution < -0.4 is 10.1 Å². The predicted molar refractivity (Wildman–Crippen MR) is 130 cm³/mol. The maximum atomic E-state index is 13.4. The van der Waals surface area contributed by atoms with E-state index in [9.17, 15) is 19.2 Å². The SMILES string of the molecule is CCCOc1ccc(/C=C(\C#N)C(=O)Nc2scc(-c3ccc(F)cc3)c2C(=O)OCC)cc1. The topological polar surface area (TPSA) is 88.4 Å².